The molecule has 0 saturated carbocycles. The summed E-state index contributed by atoms with van der Waals surface area (Å²) in [4.78, 5) is 38.1. The van der Waals surface area contributed by atoms with Gasteiger partial charge in [0.05, 0.1) is 0 Å². The lowest BCUT2D eigenvalue weighted by Crippen LogP contribution is -2.30. The summed E-state index contributed by atoms with van der Waals surface area (Å²) >= 11 is 0. The first-order chi connectivity index (χ1) is 31.9. The van der Waals surface area contributed by atoms with Crippen LogP contribution in [0.2, 0.25) is 0 Å². The van der Waals surface area contributed by atoms with Crippen molar-refractivity contribution in [3.05, 3.63) is 0 Å². The van der Waals surface area contributed by atoms with Crippen molar-refractivity contribution in [3.63, 3.8) is 0 Å². The molecule has 0 N–H and O–H groups in total. The predicted octanol–water partition coefficient (Wildman–Crippen LogP) is 19.4. The summed E-state index contributed by atoms with van der Waals surface area (Å²) in [7, 11) is 0. The predicted molar refractivity (Wildman–Crippen MR) is 280 cm³/mol. The van der Waals surface area contributed by atoms with Crippen molar-refractivity contribution in [3.8, 4) is 0 Å². The van der Waals surface area contributed by atoms with Gasteiger partial charge < -0.3 is 14.2 Å². The summed E-state index contributed by atoms with van der Waals surface area (Å²) in [5.41, 5.74) is 0. The van der Waals surface area contributed by atoms with E-state index in [1.807, 2.05) is 0 Å². The first-order valence-corrected chi connectivity index (χ1v) is 29.4. The Bertz CT molecular complexity index is 982. The van der Waals surface area contributed by atoms with Crippen LogP contribution in [0.3, 0.4) is 0 Å². The molecule has 0 saturated heterocycles. The number of esters is 3. The molecule has 0 radical (unpaired) electrons. The number of hydrogen-bond donors (Lipinski definition) is 0. The third-order valence-corrected chi connectivity index (χ3v) is 13.9. The van der Waals surface area contributed by atoms with E-state index in [2.05, 4.69) is 27.7 Å². The van der Waals surface area contributed by atoms with Crippen molar-refractivity contribution in [2.24, 2.45) is 5.92 Å². The highest BCUT2D eigenvalue weighted by Gasteiger charge is 2.19. The third-order valence-electron chi connectivity index (χ3n) is 13.9. The fraction of sp³-hybridized carbons (Fsp3) is 0.949. The van der Waals surface area contributed by atoms with Gasteiger partial charge in [-0.25, -0.2) is 0 Å². The zero-order chi connectivity index (χ0) is 47.4. The second-order valence-corrected chi connectivity index (χ2v) is 20.5. The van der Waals surface area contributed by atoms with Crippen LogP contribution in [0.4, 0.5) is 0 Å². The minimum Gasteiger partial charge on any atom is -0.462 e. The highest BCUT2D eigenvalue weighted by molar-refractivity contribution is 5.71. The Morgan fingerprint density at radius 1 is 0.308 bits per heavy atom. The van der Waals surface area contributed by atoms with Gasteiger partial charge in [-0.1, -0.05) is 297 Å². The molecule has 6 heteroatoms. The first kappa shape index (κ1) is 63.4. The van der Waals surface area contributed by atoms with Crippen LogP contribution in [0.1, 0.15) is 336 Å². The van der Waals surface area contributed by atoms with Gasteiger partial charge in [-0.05, 0) is 25.2 Å². The quantitative estimate of drug-likeness (QED) is 0.0344. The molecule has 2 atom stereocenters. The number of carbonyl (C=O) groups excluding carboxylic acids is 3. The third kappa shape index (κ3) is 51.6. The van der Waals surface area contributed by atoms with Gasteiger partial charge in [0, 0.05) is 19.3 Å². The molecule has 1 unspecified atom stereocenters. The number of carbonyl (C=O) groups is 3. The summed E-state index contributed by atoms with van der Waals surface area (Å²) in [6.07, 6.45) is 58.0. The minimum atomic E-state index is -0.761. The van der Waals surface area contributed by atoms with Gasteiger partial charge >= 0.3 is 17.9 Å². The number of ether oxygens (including phenoxy) is 3. The van der Waals surface area contributed by atoms with Gasteiger partial charge in [0.1, 0.15) is 13.2 Å². The minimum absolute atomic E-state index is 0.0617. The molecule has 0 aromatic carbocycles. The van der Waals surface area contributed by atoms with E-state index >= 15 is 0 Å². The van der Waals surface area contributed by atoms with Crippen molar-refractivity contribution in [1.29, 1.82) is 0 Å². The molecule has 0 rings (SSSR count). The smallest absolute Gasteiger partial charge is 0.306 e. The molecule has 0 aliphatic carbocycles. The van der Waals surface area contributed by atoms with Gasteiger partial charge in [0.2, 0.25) is 0 Å². The second kappa shape index (κ2) is 53.4. The highest BCUT2D eigenvalue weighted by atomic mass is 16.6. The van der Waals surface area contributed by atoms with E-state index in [0.29, 0.717) is 19.3 Å². The van der Waals surface area contributed by atoms with Crippen molar-refractivity contribution >= 4 is 17.9 Å². The summed E-state index contributed by atoms with van der Waals surface area (Å²) in [5, 5.41) is 0. The molecule has 0 bridgehead atoms. The molecule has 0 amide bonds. The maximum Gasteiger partial charge on any atom is 0.306 e. The normalized spacial score (nSPS) is 12.4. The SMILES string of the molecule is CCCCCCCCCCCCCCCCC(=O)O[C@@H](COC(=O)CCCCCCCCCCCCC)COC(=O)CCCCCCCCCCCCCCCCCCCCC(C)CC. The standard InChI is InChI=1S/C59H114O6/c1-5-8-10-12-14-16-18-19-27-32-36-40-44-48-52-59(62)65-56(53-63-57(60)50-46-42-38-34-29-17-15-13-11-9-6-2)54-64-58(61)51-47-43-39-35-31-28-25-23-21-20-22-24-26-30-33-37-41-45-49-55(4)7-3/h55-56H,5-54H2,1-4H3/t55?,56-/m0/s1. The fourth-order valence-corrected chi connectivity index (χ4v) is 9.07. The Morgan fingerprint density at radius 3 is 0.800 bits per heavy atom. The second-order valence-electron chi connectivity index (χ2n) is 20.5. The van der Waals surface area contributed by atoms with E-state index < -0.39 is 6.10 Å². The van der Waals surface area contributed by atoms with Crippen LogP contribution in [0.25, 0.3) is 0 Å². The molecule has 0 spiro atoms. The summed E-state index contributed by atoms with van der Waals surface area (Å²) in [6.45, 7) is 9.10. The molecule has 0 aliphatic heterocycles. The summed E-state index contributed by atoms with van der Waals surface area (Å²) in [6, 6.07) is 0. The summed E-state index contributed by atoms with van der Waals surface area (Å²) in [5.74, 6) is 0.0743. The van der Waals surface area contributed by atoms with Gasteiger partial charge in [0.25, 0.3) is 0 Å². The zero-order valence-electron chi connectivity index (χ0n) is 44.5. The van der Waals surface area contributed by atoms with Crippen molar-refractivity contribution in [2.45, 2.75) is 342 Å². The van der Waals surface area contributed by atoms with Gasteiger partial charge in [-0.3, -0.25) is 14.4 Å². The van der Waals surface area contributed by atoms with Crippen LogP contribution in [0, 0.1) is 5.92 Å². The summed E-state index contributed by atoms with van der Waals surface area (Å²) < 4.78 is 16.9. The lowest BCUT2D eigenvalue weighted by Gasteiger charge is -2.18. The molecule has 0 aliphatic rings. The van der Waals surface area contributed by atoms with Crippen LogP contribution in [-0.2, 0) is 28.6 Å². The van der Waals surface area contributed by atoms with Crippen LogP contribution in [0.15, 0.2) is 0 Å². The highest BCUT2D eigenvalue weighted by Crippen LogP contribution is 2.18. The van der Waals surface area contributed by atoms with E-state index in [9.17, 15) is 14.4 Å². The average molecular weight is 920 g/mol. The molecular weight excluding hydrogens is 805 g/mol. The Labute approximate surface area is 406 Å². The topological polar surface area (TPSA) is 78.9 Å². The molecular formula is C59H114O6. The van der Waals surface area contributed by atoms with Crippen LogP contribution in [-0.4, -0.2) is 37.2 Å². The van der Waals surface area contributed by atoms with Crippen LogP contribution < -0.4 is 0 Å². The molecule has 386 valence electrons. The number of hydrogen-bond acceptors (Lipinski definition) is 6. The van der Waals surface area contributed by atoms with Gasteiger partial charge in [-0.15, -0.1) is 0 Å². The molecule has 0 aromatic heterocycles. The van der Waals surface area contributed by atoms with Crippen molar-refractivity contribution in [1.82, 2.24) is 0 Å². The largest absolute Gasteiger partial charge is 0.462 e. The van der Waals surface area contributed by atoms with E-state index in [4.69, 9.17) is 14.2 Å². The van der Waals surface area contributed by atoms with Crippen molar-refractivity contribution < 1.29 is 28.6 Å². The lowest BCUT2D eigenvalue weighted by molar-refractivity contribution is -0.167. The average Bonchev–Trinajstić information content (AvgIpc) is 3.30. The molecule has 0 heterocycles. The number of rotatable bonds is 54. The maximum absolute atomic E-state index is 12.8. The van der Waals surface area contributed by atoms with E-state index in [-0.39, 0.29) is 31.1 Å². The van der Waals surface area contributed by atoms with Crippen molar-refractivity contribution in [2.75, 3.05) is 13.2 Å². The molecule has 65 heavy (non-hydrogen) atoms. The Balaban J connectivity index is 4.20. The Hall–Kier alpha value is -1.59. The number of unbranched alkanes of at least 4 members (excludes halogenated alkanes) is 40. The fourth-order valence-electron chi connectivity index (χ4n) is 9.07. The van der Waals surface area contributed by atoms with Crippen LogP contribution in [0.5, 0.6) is 0 Å². The monoisotopic (exact) mass is 919 g/mol. The lowest BCUT2D eigenvalue weighted by atomic mass is 9.99. The Morgan fingerprint density at radius 2 is 0.538 bits per heavy atom. The Kier molecular flexibility index (Phi) is 52.1. The maximum atomic E-state index is 12.8. The molecule has 6 nitrogen and oxygen atoms in total. The van der Waals surface area contributed by atoms with Gasteiger partial charge in [-0.2, -0.15) is 0 Å². The first-order valence-electron chi connectivity index (χ1n) is 29.4. The molecule has 0 aromatic rings. The van der Waals surface area contributed by atoms with E-state index in [0.717, 1.165) is 63.7 Å². The van der Waals surface area contributed by atoms with Gasteiger partial charge in [0.15, 0.2) is 6.10 Å². The molecule has 0 fully saturated rings. The van der Waals surface area contributed by atoms with E-state index in [1.165, 1.54) is 231 Å². The zero-order valence-corrected chi connectivity index (χ0v) is 44.5. The van der Waals surface area contributed by atoms with E-state index in [1.54, 1.807) is 0 Å². The van der Waals surface area contributed by atoms with Crippen LogP contribution >= 0.6 is 0 Å².